The summed E-state index contributed by atoms with van der Waals surface area (Å²) >= 11 is 0. The molecular formula is C18H26Ti. The second kappa shape index (κ2) is 7.45. The summed E-state index contributed by atoms with van der Waals surface area (Å²) in [6, 6.07) is 0. The minimum absolute atomic E-state index is 0. The van der Waals surface area contributed by atoms with Gasteiger partial charge in [-0.2, -0.15) is 12.2 Å². The van der Waals surface area contributed by atoms with Crippen molar-refractivity contribution in [2.75, 3.05) is 0 Å². The van der Waals surface area contributed by atoms with Gasteiger partial charge in [-0.1, -0.05) is 41.5 Å². The molecule has 0 bridgehead atoms. The summed E-state index contributed by atoms with van der Waals surface area (Å²) in [7, 11) is 0. The van der Waals surface area contributed by atoms with Crippen LogP contribution < -0.4 is 0 Å². The summed E-state index contributed by atoms with van der Waals surface area (Å²) in [6.07, 6.45) is 17.3. The van der Waals surface area contributed by atoms with Crippen molar-refractivity contribution in [3.8, 4) is 0 Å². The zero-order chi connectivity index (χ0) is 13.8. The Morgan fingerprint density at radius 1 is 0.737 bits per heavy atom. The number of hydrogen-bond acceptors (Lipinski definition) is 0. The fourth-order valence-corrected chi connectivity index (χ4v) is 1.84. The Morgan fingerprint density at radius 2 is 1.05 bits per heavy atom. The minimum atomic E-state index is 0. The Bertz CT molecular complexity index is 352. The molecular weight excluding hydrogens is 264 g/mol. The molecule has 0 amide bonds. The molecule has 2 aliphatic carbocycles. The van der Waals surface area contributed by atoms with E-state index in [-0.39, 0.29) is 21.7 Å². The van der Waals surface area contributed by atoms with E-state index in [1.165, 1.54) is 11.1 Å². The zero-order valence-corrected chi connectivity index (χ0v) is 14.8. The molecule has 2 rings (SSSR count). The third-order valence-corrected chi connectivity index (χ3v) is 3.01. The van der Waals surface area contributed by atoms with Crippen LogP contribution >= 0.6 is 0 Å². The van der Waals surface area contributed by atoms with E-state index in [0.29, 0.717) is 10.8 Å². The van der Waals surface area contributed by atoms with Crippen LogP contribution in [0.15, 0.2) is 35.5 Å². The van der Waals surface area contributed by atoms with Gasteiger partial charge in [-0.05, 0) is 10.8 Å². The van der Waals surface area contributed by atoms with E-state index < -0.39 is 0 Å². The molecule has 0 aliphatic heterocycles. The van der Waals surface area contributed by atoms with Crippen molar-refractivity contribution in [1.29, 1.82) is 0 Å². The van der Waals surface area contributed by atoms with Crippen molar-refractivity contribution >= 4 is 0 Å². The average molecular weight is 290 g/mol. The van der Waals surface area contributed by atoms with Crippen molar-refractivity contribution in [1.82, 2.24) is 0 Å². The molecule has 0 atom stereocenters. The third kappa shape index (κ3) is 6.59. The molecule has 2 aliphatic rings. The Morgan fingerprint density at radius 3 is 1.16 bits per heavy atom. The van der Waals surface area contributed by atoms with Crippen molar-refractivity contribution in [3.05, 3.63) is 47.6 Å². The Hall–Kier alpha value is -0.326. The van der Waals surface area contributed by atoms with E-state index >= 15 is 0 Å². The molecule has 1 heteroatoms. The van der Waals surface area contributed by atoms with E-state index in [9.17, 15) is 0 Å². The van der Waals surface area contributed by atoms with Crippen LogP contribution in [0.1, 0.15) is 54.4 Å². The Labute approximate surface area is 134 Å². The first kappa shape index (κ1) is 18.7. The van der Waals surface area contributed by atoms with Crippen LogP contribution in [0, 0.1) is 23.0 Å². The van der Waals surface area contributed by atoms with Gasteiger partial charge in [0.05, 0.1) is 0 Å². The van der Waals surface area contributed by atoms with Gasteiger partial charge < -0.3 is 0 Å². The molecule has 0 aromatic carbocycles. The second-order valence-corrected chi connectivity index (χ2v) is 6.89. The van der Waals surface area contributed by atoms with Gasteiger partial charge in [0.1, 0.15) is 0 Å². The number of allylic oxidation sites excluding steroid dienone is 8. The maximum absolute atomic E-state index is 3.30. The summed E-state index contributed by atoms with van der Waals surface area (Å²) in [5.74, 6) is 0. The summed E-state index contributed by atoms with van der Waals surface area (Å²) < 4.78 is 0. The number of rotatable bonds is 0. The normalized spacial score (nSPS) is 17.4. The van der Waals surface area contributed by atoms with Crippen LogP contribution in [0.2, 0.25) is 0 Å². The van der Waals surface area contributed by atoms with Gasteiger partial charge in [0.25, 0.3) is 0 Å². The van der Waals surface area contributed by atoms with Gasteiger partial charge in [-0.15, -0.1) is 12.8 Å². The van der Waals surface area contributed by atoms with Crippen LogP contribution in [0.5, 0.6) is 0 Å². The standard InChI is InChI=1S/2C9H13.Ti/c2*1-9(2,3)8-6-4-5-7-8;/h2*4,6H,5H2,1-3H3;/q2*-1;+2. The van der Waals surface area contributed by atoms with Gasteiger partial charge in [0.15, 0.2) is 0 Å². The first-order chi connectivity index (χ1) is 8.21. The van der Waals surface area contributed by atoms with Crippen LogP contribution in [0.4, 0.5) is 0 Å². The van der Waals surface area contributed by atoms with Gasteiger partial charge in [0, 0.05) is 0 Å². The molecule has 0 spiro atoms. The van der Waals surface area contributed by atoms with E-state index in [0.717, 1.165) is 12.8 Å². The van der Waals surface area contributed by atoms with Crippen molar-refractivity contribution < 1.29 is 21.7 Å². The van der Waals surface area contributed by atoms with Gasteiger partial charge in [-0.3, -0.25) is 12.2 Å². The average Bonchev–Trinajstić information content (AvgIpc) is 2.91. The summed E-state index contributed by atoms with van der Waals surface area (Å²) in [5.41, 5.74) is 3.30. The first-order valence-electron chi connectivity index (χ1n) is 6.77. The maximum atomic E-state index is 3.30. The van der Waals surface area contributed by atoms with Crippen molar-refractivity contribution in [3.63, 3.8) is 0 Å². The van der Waals surface area contributed by atoms with Crippen molar-refractivity contribution in [2.24, 2.45) is 10.8 Å². The monoisotopic (exact) mass is 290 g/mol. The van der Waals surface area contributed by atoms with Gasteiger partial charge in [-0.25, -0.2) is 23.3 Å². The number of hydrogen-bond donors (Lipinski definition) is 0. The predicted octanol–water partition coefficient (Wildman–Crippen LogP) is 5.44. The predicted molar refractivity (Wildman–Crippen MR) is 79.9 cm³/mol. The largest absolute Gasteiger partial charge is 2.00 e. The smallest absolute Gasteiger partial charge is 0.269 e. The molecule has 0 aromatic heterocycles. The fourth-order valence-electron chi connectivity index (χ4n) is 1.84. The van der Waals surface area contributed by atoms with Crippen LogP contribution in [-0.4, -0.2) is 0 Å². The van der Waals surface area contributed by atoms with E-state index in [4.69, 9.17) is 0 Å². The maximum Gasteiger partial charge on any atom is 2.00 e. The molecule has 0 saturated carbocycles. The molecule has 102 valence electrons. The van der Waals surface area contributed by atoms with E-state index in [1.54, 1.807) is 0 Å². The second-order valence-electron chi connectivity index (χ2n) is 6.89. The topological polar surface area (TPSA) is 0 Å². The van der Waals surface area contributed by atoms with Crippen LogP contribution in [0.25, 0.3) is 0 Å². The summed E-state index contributed by atoms with van der Waals surface area (Å²) in [5, 5.41) is 0. The molecule has 0 nitrogen and oxygen atoms in total. The quantitative estimate of drug-likeness (QED) is 0.411. The minimum Gasteiger partial charge on any atom is -0.269 e. The SMILES string of the molecule is CC(C)(C)C1=[C-]CC=C1.CC(C)(C)C1=[C-]CC=C1.[Ti+2]. The molecule has 19 heavy (non-hydrogen) atoms. The molecule has 0 N–H and O–H groups in total. The molecule has 0 saturated heterocycles. The molecule has 0 aromatic rings. The molecule has 0 unspecified atom stereocenters. The van der Waals surface area contributed by atoms with Crippen LogP contribution in [0.3, 0.4) is 0 Å². The molecule has 0 radical (unpaired) electrons. The third-order valence-electron chi connectivity index (χ3n) is 3.01. The van der Waals surface area contributed by atoms with Crippen molar-refractivity contribution in [2.45, 2.75) is 54.4 Å². The fraction of sp³-hybridized carbons (Fsp3) is 0.556. The van der Waals surface area contributed by atoms with E-state index in [1.807, 2.05) is 0 Å². The Balaban J connectivity index is 0.000000324. The van der Waals surface area contributed by atoms with E-state index in [2.05, 4.69) is 78.0 Å². The van der Waals surface area contributed by atoms with Gasteiger partial charge in [0.2, 0.25) is 0 Å². The Kier molecular flexibility index (Phi) is 7.33. The summed E-state index contributed by atoms with van der Waals surface area (Å²) in [6.45, 7) is 13.3. The summed E-state index contributed by atoms with van der Waals surface area (Å²) in [4.78, 5) is 0. The van der Waals surface area contributed by atoms with Crippen LogP contribution in [-0.2, 0) is 21.7 Å². The molecule has 0 fully saturated rings. The van der Waals surface area contributed by atoms with Gasteiger partial charge >= 0.3 is 21.7 Å². The zero-order valence-electron chi connectivity index (χ0n) is 13.2. The first-order valence-corrected chi connectivity index (χ1v) is 6.77. The molecule has 0 heterocycles.